The zero-order valence-corrected chi connectivity index (χ0v) is 13.6. The first-order valence-electron chi connectivity index (χ1n) is 6.34. The van der Waals surface area contributed by atoms with Crippen molar-refractivity contribution in [3.8, 4) is 0 Å². The van der Waals surface area contributed by atoms with E-state index in [2.05, 4.69) is 20.7 Å². The lowest BCUT2D eigenvalue weighted by Crippen LogP contribution is -2.31. The topological polar surface area (TPSA) is 46.2 Å². The molecule has 1 N–H and O–H groups in total. The van der Waals surface area contributed by atoms with E-state index in [-0.39, 0.29) is 4.90 Å². The minimum atomic E-state index is -3.45. The second-order valence-corrected chi connectivity index (χ2v) is 7.77. The third-order valence-corrected chi connectivity index (χ3v) is 6.14. The molecule has 106 valence electrons. The Labute approximate surface area is 127 Å². The van der Waals surface area contributed by atoms with E-state index in [1.54, 1.807) is 18.2 Å². The predicted molar refractivity (Wildman–Crippen MR) is 81.3 cm³/mol. The van der Waals surface area contributed by atoms with Crippen molar-refractivity contribution in [3.63, 3.8) is 0 Å². The summed E-state index contributed by atoms with van der Waals surface area (Å²) in [4.78, 5) is 0.230. The molecule has 1 aromatic rings. The Morgan fingerprint density at radius 2 is 2.05 bits per heavy atom. The number of alkyl halides is 1. The minimum Gasteiger partial charge on any atom is -0.211 e. The van der Waals surface area contributed by atoms with Gasteiger partial charge in [-0.15, -0.1) is 0 Å². The first-order valence-corrected chi connectivity index (χ1v) is 9.32. The summed E-state index contributed by atoms with van der Waals surface area (Å²) in [6, 6.07) is 6.34. The quantitative estimate of drug-likeness (QED) is 0.812. The van der Waals surface area contributed by atoms with Crippen LogP contribution in [0.5, 0.6) is 0 Å². The van der Waals surface area contributed by atoms with Crippen molar-refractivity contribution in [3.05, 3.63) is 29.3 Å². The van der Waals surface area contributed by atoms with E-state index in [0.717, 1.165) is 11.8 Å². The van der Waals surface area contributed by atoms with Gasteiger partial charge in [-0.3, -0.25) is 0 Å². The van der Waals surface area contributed by atoms with Crippen molar-refractivity contribution in [1.82, 2.24) is 4.72 Å². The Balaban J connectivity index is 2.02. The van der Waals surface area contributed by atoms with Crippen LogP contribution >= 0.6 is 27.5 Å². The summed E-state index contributed by atoms with van der Waals surface area (Å²) >= 11 is 9.32. The van der Waals surface area contributed by atoms with Gasteiger partial charge in [0.1, 0.15) is 0 Å². The van der Waals surface area contributed by atoms with E-state index in [4.69, 9.17) is 11.6 Å². The van der Waals surface area contributed by atoms with Crippen molar-refractivity contribution in [1.29, 1.82) is 0 Å². The van der Waals surface area contributed by atoms with E-state index < -0.39 is 10.0 Å². The average Bonchev–Trinajstić information content (AvgIpc) is 2.84. The van der Waals surface area contributed by atoms with Crippen LogP contribution in [0.3, 0.4) is 0 Å². The molecule has 0 aromatic heterocycles. The van der Waals surface area contributed by atoms with Crippen LogP contribution in [0.15, 0.2) is 29.2 Å². The normalized spacial score (nSPS) is 23.7. The third-order valence-electron chi connectivity index (χ3n) is 3.66. The van der Waals surface area contributed by atoms with E-state index >= 15 is 0 Å². The Bertz CT molecular complexity index is 535. The number of sulfonamides is 1. The van der Waals surface area contributed by atoms with Crippen molar-refractivity contribution in [2.24, 2.45) is 11.8 Å². The molecule has 0 saturated heterocycles. The smallest absolute Gasteiger partial charge is 0.211 e. The molecule has 1 saturated carbocycles. The van der Waals surface area contributed by atoms with Crippen LogP contribution in [-0.2, 0) is 10.0 Å². The van der Waals surface area contributed by atoms with Crippen molar-refractivity contribution in [2.45, 2.75) is 24.2 Å². The molecule has 1 aromatic carbocycles. The van der Waals surface area contributed by atoms with Gasteiger partial charge in [0.05, 0.1) is 4.90 Å². The Morgan fingerprint density at radius 3 is 2.74 bits per heavy atom. The Kier molecular flexibility index (Phi) is 5.29. The van der Waals surface area contributed by atoms with Crippen molar-refractivity contribution in [2.75, 3.05) is 11.9 Å². The number of halogens is 2. The summed E-state index contributed by atoms with van der Waals surface area (Å²) < 4.78 is 27.0. The standard InChI is InChI=1S/C13H17BrClNO2S/c14-8-10-3-1-4-11(10)9-16-19(17,18)13-6-2-5-12(15)7-13/h2,5-7,10-11,16H,1,3-4,8-9H2. The third kappa shape index (κ3) is 3.94. The summed E-state index contributed by atoms with van der Waals surface area (Å²) in [6.07, 6.45) is 3.45. The molecule has 1 fully saturated rings. The van der Waals surface area contributed by atoms with Gasteiger partial charge in [0, 0.05) is 16.9 Å². The molecule has 2 atom stereocenters. The maximum atomic E-state index is 12.2. The second-order valence-electron chi connectivity index (χ2n) is 4.91. The van der Waals surface area contributed by atoms with Gasteiger partial charge in [0.15, 0.2) is 0 Å². The highest BCUT2D eigenvalue weighted by Crippen LogP contribution is 2.32. The maximum absolute atomic E-state index is 12.2. The predicted octanol–water partition coefficient (Wildman–Crippen LogP) is 3.43. The molecule has 0 heterocycles. The first kappa shape index (κ1) is 15.3. The number of hydrogen-bond acceptors (Lipinski definition) is 2. The molecule has 0 bridgehead atoms. The molecule has 1 aliphatic rings. The molecule has 0 amide bonds. The summed E-state index contributed by atoms with van der Waals surface area (Å²) in [6.45, 7) is 0.505. The second kappa shape index (κ2) is 6.57. The van der Waals surface area contributed by atoms with E-state index in [1.807, 2.05) is 0 Å². The Hall–Kier alpha value is -0.100. The van der Waals surface area contributed by atoms with Crippen LogP contribution < -0.4 is 4.72 Å². The molecule has 0 spiro atoms. The fourth-order valence-corrected chi connectivity index (χ4v) is 4.77. The van der Waals surface area contributed by atoms with Crippen molar-refractivity contribution >= 4 is 37.6 Å². The number of benzene rings is 1. The molecule has 1 aliphatic carbocycles. The van der Waals surface area contributed by atoms with E-state index in [9.17, 15) is 8.42 Å². The molecule has 19 heavy (non-hydrogen) atoms. The lowest BCUT2D eigenvalue weighted by Gasteiger charge is -2.17. The highest BCUT2D eigenvalue weighted by atomic mass is 79.9. The molecule has 3 nitrogen and oxygen atoms in total. The first-order chi connectivity index (χ1) is 9.03. The summed E-state index contributed by atoms with van der Waals surface area (Å²) in [5.74, 6) is 0.996. The van der Waals surface area contributed by atoms with Gasteiger partial charge >= 0.3 is 0 Å². The molecule has 0 aliphatic heterocycles. The molecule has 2 unspecified atom stereocenters. The average molecular weight is 367 g/mol. The van der Waals surface area contributed by atoms with Gasteiger partial charge in [0.25, 0.3) is 0 Å². The fourth-order valence-electron chi connectivity index (χ4n) is 2.52. The fraction of sp³-hybridized carbons (Fsp3) is 0.538. The summed E-state index contributed by atoms with van der Waals surface area (Å²) in [7, 11) is -3.45. The van der Waals surface area contributed by atoms with Gasteiger partial charge in [-0.2, -0.15) is 0 Å². The van der Waals surface area contributed by atoms with Crippen LogP contribution in [0.25, 0.3) is 0 Å². The molecule has 0 radical (unpaired) electrons. The van der Waals surface area contributed by atoms with Gasteiger partial charge in [-0.1, -0.05) is 40.0 Å². The monoisotopic (exact) mass is 365 g/mol. The lowest BCUT2D eigenvalue weighted by molar-refractivity contribution is 0.422. The molecular formula is C13H17BrClNO2S. The van der Waals surface area contributed by atoms with Gasteiger partial charge in [-0.25, -0.2) is 13.1 Å². The zero-order chi connectivity index (χ0) is 13.9. The van der Waals surface area contributed by atoms with Crippen LogP contribution in [0, 0.1) is 11.8 Å². The zero-order valence-electron chi connectivity index (χ0n) is 10.5. The number of rotatable bonds is 5. The number of hydrogen-bond donors (Lipinski definition) is 1. The van der Waals surface area contributed by atoms with Crippen molar-refractivity contribution < 1.29 is 8.42 Å². The maximum Gasteiger partial charge on any atom is 0.240 e. The SMILES string of the molecule is O=S(=O)(NCC1CCCC1CBr)c1cccc(Cl)c1. The van der Waals surface area contributed by atoms with Gasteiger partial charge in [0.2, 0.25) is 10.0 Å². The molecule has 6 heteroatoms. The Morgan fingerprint density at radius 1 is 1.32 bits per heavy atom. The molecule has 2 rings (SSSR count). The lowest BCUT2D eigenvalue weighted by atomic mass is 9.99. The summed E-state index contributed by atoms with van der Waals surface area (Å²) in [5, 5.41) is 1.37. The van der Waals surface area contributed by atoms with Crippen LogP contribution in [0.2, 0.25) is 5.02 Å². The van der Waals surface area contributed by atoms with Gasteiger partial charge < -0.3 is 0 Å². The molecular weight excluding hydrogens is 350 g/mol. The van der Waals surface area contributed by atoms with E-state index in [0.29, 0.717) is 23.4 Å². The van der Waals surface area contributed by atoms with E-state index in [1.165, 1.54) is 18.9 Å². The highest BCUT2D eigenvalue weighted by molar-refractivity contribution is 9.09. The largest absolute Gasteiger partial charge is 0.240 e. The highest BCUT2D eigenvalue weighted by Gasteiger charge is 2.27. The number of nitrogens with one attached hydrogen (secondary N) is 1. The minimum absolute atomic E-state index is 0.230. The van der Waals surface area contributed by atoms with Crippen LogP contribution in [-0.4, -0.2) is 20.3 Å². The summed E-state index contributed by atoms with van der Waals surface area (Å²) in [5.41, 5.74) is 0. The van der Waals surface area contributed by atoms with Gasteiger partial charge in [-0.05, 0) is 42.9 Å². The van der Waals surface area contributed by atoms with Crippen LogP contribution in [0.1, 0.15) is 19.3 Å². The van der Waals surface area contributed by atoms with Crippen LogP contribution in [0.4, 0.5) is 0 Å².